The highest BCUT2D eigenvalue weighted by atomic mass is 32.1. The minimum atomic E-state index is -0.833. The van der Waals surface area contributed by atoms with Gasteiger partial charge in [-0.25, -0.2) is 14.8 Å². The van der Waals surface area contributed by atoms with E-state index in [0.717, 1.165) is 27.5 Å². The number of thiazole rings is 1. The number of carbonyl (C=O) groups excluding carboxylic acids is 2. The molecule has 0 aliphatic heterocycles. The molecule has 0 radical (unpaired) electrons. The van der Waals surface area contributed by atoms with Crippen LogP contribution in [-0.4, -0.2) is 39.7 Å². The van der Waals surface area contributed by atoms with Crippen molar-refractivity contribution in [1.29, 1.82) is 0 Å². The second-order valence-electron chi connectivity index (χ2n) is 7.29. The third-order valence-electron chi connectivity index (χ3n) is 5.01. The standard InChI is InChI=1S/C24H23N5O3S/c1-29-14-13-25-21(29)20-19(17-11-7-4-8-12-17)27-23(33-20)28-22(30)18(26-24(31)32-2)15-16-9-5-3-6-10-16/h3-14,18H,15H2,1-2H3,(H,26,31)(H,27,28,30). The smallest absolute Gasteiger partial charge is 0.407 e. The third-order valence-corrected chi connectivity index (χ3v) is 5.97. The van der Waals surface area contributed by atoms with Gasteiger partial charge in [-0.1, -0.05) is 72.0 Å². The summed E-state index contributed by atoms with van der Waals surface area (Å²) in [6.45, 7) is 0. The first-order valence-corrected chi connectivity index (χ1v) is 11.1. The Balaban J connectivity index is 1.64. The van der Waals surface area contributed by atoms with Crippen molar-refractivity contribution in [3.05, 3.63) is 78.6 Å². The number of aromatic nitrogens is 3. The number of nitrogens with zero attached hydrogens (tertiary/aromatic N) is 3. The summed E-state index contributed by atoms with van der Waals surface area (Å²) < 4.78 is 6.61. The quantitative estimate of drug-likeness (QED) is 0.432. The van der Waals surface area contributed by atoms with Crippen LogP contribution in [0.15, 0.2) is 73.1 Å². The van der Waals surface area contributed by atoms with E-state index in [9.17, 15) is 9.59 Å². The van der Waals surface area contributed by atoms with Gasteiger partial charge in [-0.2, -0.15) is 0 Å². The Kier molecular flexibility index (Phi) is 6.80. The predicted molar refractivity (Wildman–Crippen MR) is 128 cm³/mol. The zero-order valence-electron chi connectivity index (χ0n) is 18.2. The molecule has 2 N–H and O–H groups in total. The first-order chi connectivity index (χ1) is 16.0. The number of imidazole rings is 1. The maximum absolute atomic E-state index is 13.1. The number of anilines is 1. The number of rotatable bonds is 7. The normalized spacial score (nSPS) is 11.6. The number of ether oxygens (including phenoxy) is 1. The first kappa shape index (κ1) is 22.2. The zero-order chi connectivity index (χ0) is 23.2. The Morgan fingerprint density at radius 1 is 1.09 bits per heavy atom. The summed E-state index contributed by atoms with van der Waals surface area (Å²) in [5.74, 6) is 0.365. The molecule has 2 heterocycles. The van der Waals surface area contributed by atoms with Gasteiger partial charge >= 0.3 is 6.09 Å². The van der Waals surface area contributed by atoms with E-state index in [-0.39, 0.29) is 5.91 Å². The number of hydrogen-bond acceptors (Lipinski definition) is 6. The molecule has 2 amide bonds. The molecular formula is C24H23N5O3S. The molecule has 1 unspecified atom stereocenters. The van der Waals surface area contributed by atoms with Gasteiger partial charge < -0.3 is 19.9 Å². The molecule has 0 spiro atoms. The Bertz CT molecular complexity index is 1240. The average Bonchev–Trinajstić information content (AvgIpc) is 3.45. The highest BCUT2D eigenvalue weighted by molar-refractivity contribution is 7.19. The van der Waals surface area contributed by atoms with Gasteiger partial charge in [0.05, 0.1) is 17.7 Å². The summed E-state index contributed by atoms with van der Waals surface area (Å²) in [6, 6.07) is 18.4. The minimum Gasteiger partial charge on any atom is -0.453 e. The van der Waals surface area contributed by atoms with Gasteiger partial charge in [0, 0.05) is 31.4 Å². The minimum absolute atomic E-state index is 0.310. The number of hydrogen-bond donors (Lipinski definition) is 2. The van der Waals surface area contributed by atoms with Gasteiger partial charge in [0.15, 0.2) is 11.0 Å². The molecule has 0 bridgehead atoms. The zero-order valence-corrected chi connectivity index (χ0v) is 19.0. The second-order valence-corrected chi connectivity index (χ2v) is 8.29. The molecular weight excluding hydrogens is 438 g/mol. The van der Waals surface area contributed by atoms with Crippen molar-refractivity contribution < 1.29 is 14.3 Å². The first-order valence-electron chi connectivity index (χ1n) is 10.3. The molecule has 4 rings (SSSR count). The van der Waals surface area contributed by atoms with E-state index in [4.69, 9.17) is 9.72 Å². The summed E-state index contributed by atoms with van der Waals surface area (Å²) in [4.78, 5) is 35.0. The van der Waals surface area contributed by atoms with Crippen LogP contribution in [0.3, 0.4) is 0 Å². The Morgan fingerprint density at radius 2 is 1.79 bits per heavy atom. The van der Waals surface area contributed by atoms with E-state index in [1.165, 1.54) is 18.4 Å². The highest BCUT2D eigenvalue weighted by Gasteiger charge is 2.25. The van der Waals surface area contributed by atoms with Crippen LogP contribution in [0.5, 0.6) is 0 Å². The Morgan fingerprint density at radius 3 is 2.42 bits per heavy atom. The number of benzene rings is 2. The van der Waals surface area contributed by atoms with Crippen LogP contribution in [0.1, 0.15) is 5.56 Å². The molecule has 1 atom stereocenters. The number of amides is 2. The molecule has 0 saturated heterocycles. The van der Waals surface area contributed by atoms with Gasteiger partial charge in [0.2, 0.25) is 5.91 Å². The van der Waals surface area contributed by atoms with Crippen molar-refractivity contribution in [2.24, 2.45) is 7.05 Å². The van der Waals surface area contributed by atoms with Gasteiger partial charge in [0.1, 0.15) is 6.04 Å². The second kappa shape index (κ2) is 10.1. The molecule has 9 heteroatoms. The van der Waals surface area contributed by atoms with Crippen molar-refractivity contribution in [2.75, 3.05) is 12.4 Å². The van der Waals surface area contributed by atoms with Crippen molar-refractivity contribution >= 4 is 28.5 Å². The van der Waals surface area contributed by atoms with E-state index in [0.29, 0.717) is 11.6 Å². The molecule has 0 aliphatic rings. The topological polar surface area (TPSA) is 98.1 Å². The van der Waals surface area contributed by atoms with E-state index in [2.05, 4.69) is 15.6 Å². The number of nitrogens with one attached hydrogen (secondary N) is 2. The lowest BCUT2D eigenvalue weighted by atomic mass is 10.1. The van der Waals surface area contributed by atoms with E-state index in [1.54, 1.807) is 6.20 Å². The van der Waals surface area contributed by atoms with E-state index >= 15 is 0 Å². The summed E-state index contributed by atoms with van der Waals surface area (Å²) in [7, 11) is 3.17. The van der Waals surface area contributed by atoms with E-state index < -0.39 is 12.1 Å². The fourth-order valence-corrected chi connectivity index (χ4v) is 4.38. The van der Waals surface area contributed by atoms with Gasteiger partial charge in [0.25, 0.3) is 0 Å². The third kappa shape index (κ3) is 5.27. The number of aryl methyl sites for hydroxylation is 1. The van der Waals surface area contributed by atoms with Crippen LogP contribution in [-0.2, 0) is 23.0 Å². The lowest BCUT2D eigenvalue weighted by molar-refractivity contribution is -0.118. The summed E-state index contributed by atoms with van der Waals surface area (Å²) in [5.41, 5.74) is 2.55. The molecule has 2 aromatic heterocycles. The van der Waals surface area contributed by atoms with Crippen LogP contribution in [0, 0.1) is 0 Å². The lowest BCUT2D eigenvalue weighted by Gasteiger charge is -2.17. The van der Waals surface area contributed by atoms with Crippen LogP contribution in [0.25, 0.3) is 22.0 Å². The molecule has 0 fully saturated rings. The summed E-state index contributed by atoms with van der Waals surface area (Å²) >= 11 is 1.33. The Labute approximate surface area is 195 Å². The maximum atomic E-state index is 13.1. The fourth-order valence-electron chi connectivity index (χ4n) is 3.35. The average molecular weight is 462 g/mol. The largest absolute Gasteiger partial charge is 0.453 e. The SMILES string of the molecule is COC(=O)NC(Cc1ccccc1)C(=O)Nc1nc(-c2ccccc2)c(-c2nccn2C)s1. The number of carbonyl (C=O) groups is 2. The predicted octanol–water partition coefficient (Wildman–Crippen LogP) is 4.12. The van der Waals surface area contributed by atoms with Crippen LogP contribution >= 0.6 is 11.3 Å². The highest BCUT2D eigenvalue weighted by Crippen LogP contribution is 2.38. The van der Waals surface area contributed by atoms with Crippen molar-refractivity contribution in [1.82, 2.24) is 19.9 Å². The molecule has 2 aromatic carbocycles. The molecule has 0 aliphatic carbocycles. The van der Waals surface area contributed by atoms with Gasteiger partial charge in [-0.3, -0.25) is 4.79 Å². The van der Waals surface area contributed by atoms with Gasteiger partial charge in [-0.15, -0.1) is 0 Å². The maximum Gasteiger partial charge on any atom is 0.407 e. The van der Waals surface area contributed by atoms with E-state index in [1.807, 2.05) is 78.5 Å². The molecule has 33 heavy (non-hydrogen) atoms. The summed E-state index contributed by atoms with van der Waals surface area (Å²) in [5, 5.41) is 5.90. The Hall–Kier alpha value is -3.98. The van der Waals surface area contributed by atoms with Gasteiger partial charge in [-0.05, 0) is 5.56 Å². The molecule has 4 aromatic rings. The molecule has 168 valence electrons. The van der Waals surface area contributed by atoms with Crippen molar-refractivity contribution in [3.63, 3.8) is 0 Å². The monoisotopic (exact) mass is 461 g/mol. The van der Waals surface area contributed by atoms with Crippen LogP contribution in [0.4, 0.5) is 9.93 Å². The van der Waals surface area contributed by atoms with Crippen molar-refractivity contribution in [2.45, 2.75) is 12.5 Å². The summed E-state index contributed by atoms with van der Waals surface area (Å²) in [6.07, 6.45) is 3.21. The lowest BCUT2D eigenvalue weighted by Crippen LogP contribution is -2.45. The van der Waals surface area contributed by atoms with Crippen LogP contribution in [0.2, 0.25) is 0 Å². The number of methoxy groups -OCH3 is 1. The molecule has 0 saturated carbocycles. The van der Waals surface area contributed by atoms with Crippen molar-refractivity contribution in [3.8, 4) is 22.0 Å². The fraction of sp³-hybridized carbons (Fsp3) is 0.167. The number of alkyl carbamates (subject to hydrolysis) is 1. The van der Waals surface area contributed by atoms with Crippen LogP contribution < -0.4 is 10.6 Å². The molecule has 8 nitrogen and oxygen atoms in total.